The number of hydrogen-bond donors (Lipinski definition) is 1. The summed E-state index contributed by atoms with van der Waals surface area (Å²) in [5.74, 6) is -0.631. The Kier molecular flexibility index (Phi) is 7.36. The fourth-order valence-corrected chi connectivity index (χ4v) is 3.62. The molecule has 0 saturated heterocycles. The van der Waals surface area contributed by atoms with Crippen molar-refractivity contribution < 1.29 is 14.3 Å². The number of amides is 1. The van der Waals surface area contributed by atoms with Crippen molar-refractivity contribution in [3.05, 3.63) is 81.1 Å². The van der Waals surface area contributed by atoms with Crippen molar-refractivity contribution >= 4 is 35.1 Å². The van der Waals surface area contributed by atoms with E-state index in [2.05, 4.69) is 10.4 Å². The van der Waals surface area contributed by atoms with Gasteiger partial charge in [0.15, 0.2) is 0 Å². The summed E-state index contributed by atoms with van der Waals surface area (Å²) in [6.45, 7) is 3.79. The molecule has 1 heterocycles. The number of methoxy groups -OCH3 is 1. The highest BCUT2D eigenvalue weighted by atomic mass is 35.5. The van der Waals surface area contributed by atoms with Gasteiger partial charge in [-0.25, -0.2) is 4.68 Å². The zero-order valence-corrected chi connectivity index (χ0v) is 19.0. The van der Waals surface area contributed by atoms with Crippen LogP contribution in [0.5, 0.6) is 0 Å². The van der Waals surface area contributed by atoms with Gasteiger partial charge in [0.1, 0.15) is 0 Å². The zero-order chi connectivity index (χ0) is 22.5. The van der Waals surface area contributed by atoms with Crippen molar-refractivity contribution in [1.29, 1.82) is 0 Å². The largest absolute Gasteiger partial charge is 0.469 e. The average Bonchev–Trinajstić information content (AvgIpc) is 3.02. The Balaban J connectivity index is 1.80. The molecule has 3 aromatic rings. The first-order valence-electron chi connectivity index (χ1n) is 9.71. The molecule has 0 aliphatic rings. The number of nitrogens with zero attached hydrogens (tertiary/aromatic N) is 2. The van der Waals surface area contributed by atoms with Crippen molar-refractivity contribution in [3.8, 4) is 5.69 Å². The number of nitrogens with one attached hydrogen (secondary N) is 1. The van der Waals surface area contributed by atoms with Crippen LogP contribution in [-0.4, -0.2) is 28.8 Å². The molecule has 1 unspecified atom stereocenters. The topological polar surface area (TPSA) is 73.2 Å². The van der Waals surface area contributed by atoms with Crippen LogP contribution < -0.4 is 5.32 Å². The molecule has 0 radical (unpaired) electrons. The number of esters is 1. The summed E-state index contributed by atoms with van der Waals surface area (Å²) < 4.78 is 6.58. The zero-order valence-electron chi connectivity index (χ0n) is 17.5. The quantitative estimate of drug-likeness (QED) is 0.516. The number of ether oxygens (including phenoxy) is 1. The second-order valence-electron chi connectivity index (χ2n) is 7.17. The van der Waals surface area contributed by atoms with Crippen LogP contribution in [0.4, 0.5) is 0 Å². The number of halogens is 2. The highest BCUT2D eigenvalue weighted by Crippen LogP contribution is 2.22. The molecular formula is C23H23Cl2N3O3. The van der Waals surface area contributed by atoms with E-state index in [9.17, 15) is 9.59 Å². The monoisotopic (exact) mass is 459 g/mol. The Bertz CT molecular complexity index is 1080. The molecule has 3 rings (SSSR count). The number of carbonyl (C=O) groups is 2. The molecular weight excluding hydrogens is 437 g/mol. The van der Waals surface area contributed by atoms with Gasteiger partial charge in [0, 0.05) is 21.3 Å². The lowest BCUT2D eigenvalue weighted by Crippen LogP contribution is -2.31. The summed E-state index contributed by atoms with van der Waals surface area (Å²) in [6, 6.07) is 13.8. The Labute approximate surface area is 191 Å². The third-order valence-corrected chi connectivity index (χ3v) is 5.56. The van der Waals surface area contributed by atoms with Gasteiger partial charge < -0.3 is 10.1 Å². The predicted octanol–water partition coefficient (Wildman–Crippen LogP) is 4.76. The van der Waals surface area contributed by atoms with Crippen molar-refractivity contribution in [3.63, 3.8) is 0 Å². The first-order valence-corrected chi connectivity index (χ1v) is 10.5. The second kappa shape index (κ2) is 9.98. The number of rotatable bonds is 7. The number of aromatic nitrogens is 2. The molecule has 0 aliphatic heterocycles. The van der Waals surface area contributed by atoms with Crippen LogP contribution in [0.2, 0.25) is 10.0 Å². The van der Waals surface area contributed by atoms with E-state index < -0.39 is 12.0 Å². The SMILES string of the molecule is COC(=O)CC(NC(=O)Cc1c(C)nn(-c2ccc(Cl)cc2)c1C)c1ccc(Cl)cc1. The maximum absolute atomic E-state index is 12.9. The van der Waals surface area contributed by atoms with E-state index in [-0.39, 0.29) is 18.7 Å². The maximum Gasteiger partial charge on any atom is 0.307 e. The third-order valence-electron chi connectivity index (χ3n) is 5.06. The number of benzene rings is 2. The van der Waals surface area contributed by atoms with Crippen LogP contribution in [0, 0.1) is 13.8 Å². The van der Waals surface area contributed by atoms with E-state index in [4.69, 9.17) is 27.9 Å². The van der Waals surface area contributed by atoms with E-state index >= 15 is 0 Å². The summed E-state index contributed by atoms with van der Waals surface area (Å²) >= 11 is 11.9. The van der Waals surface area contributed by atoms with Gasteiger partial charge in [-0.05, 0) is 55.8 Å². The standard InChI is InChI=1S/C23H23Cl2N3O3/c1-14-20(15(2)28(27-14)19-10-8-18(25)9-11-19)12-22(29)26-21(13-23(30)31-3)16-4-6-17(24)7-5-16/h4-11,21H,12-13H2,1-3H3,(H,26,29). The van der Waals surface area contributed by atoms with Crippen LogP contribution in [0.25, 0.3) is 5.69 Å². The second-order valence-corrected chi connectivity index (χ2v) is 8.04. The van der Waals surface area contributed by atoms with Crippen LogP contribution in [0.3, 0.4) is 0 Å². The first-order chi connectivity index (χ1) is 14.8. The molecule has 1 atom stereocenters. The van der Waals surface area contributed by atoms with Crippen molar-refractivity contribution in [2.24, 2.45) is 0 Å². The van der Waals surface area contributed by atoms with Crippen LogP contribution >= 0.6 is 23.2 Å². The Morgan fingerprint density at radius 2 is 1.61 bits per heavy atom. The Morgan fingerprint density at radius 1 is 1.03 bits per heavy atom. The minimum atomic E-state index is -0.524. The molecule has 0 aliphatic carbocycles. The predicted molar refractivity (Wildman–Crippen MR) is 121 cm³/mol. The molecule has 0 saturated carbocycles. The van der Waals surface area contributed by atoms with E-state index in [0.717, 1.165) is 28.2 Å². The molecule has 1 N–H and O–H groups in total. The molecule has 6 nitrogen and oxygen atoms in total. The molecule has 0 bridgehead atoms. The first kappa shape index (κ1) is 22.8. The molecule has 8 heteroatoms. The van der Waals surface area contributed by atoms with Gasteiger partial charge in [-0.3, -0.25) is 9.59 Å². The average molecular weight is 460 g/mol. The van der Waals surface area contributed by atoms with Crippen LogP contribution in [0.1, 0.15) is 35.0 Å². The van der Waals surface area contributed by atoms with Crippen molar-refractivity contribution in [1.82, 2.24) is 15.1 Å². The van der Waals surface area contributed by atoms with E-state index in [0.29, 0.717) is 10.0 Å². The van der Waals surface area contributed by atoms with Gasteiger partial charge in [0.25, 0.3) is 0 Å². The number of carbonyl (C=O) groups excluding carboxylic acids is 2. The summed E-state index contributed by atoms with van der Waals surface area (Å²) in [4.78, 5) is 24.8. The fraction of sp³-hybridized carbons (Fsp3) is 0.261. The van der Waals surface area contributed by atoms with Gasteiger partial charge in [-0.2, -0.15) is 5.10 Å². The molecule has 1 amide bonds. The minimum absolute atomic E-state index is 0.0197. The van der Waals surface area contributed by atoms with Gasteiger partial charge >= 0.3 is 5.97 Å². The minimum Gasteiger partial charge on any atom is -0.469 e. The smallest absolute Gasteiger partial charge is 0.307 e. The number of aryl methyl sites for hydroxylation is 1. The summed E-state index contributed by atoms with van der Waals surface area (Å²) in [5.41, 5.74) is 4.10. The Hall–Kier alpha value is -2.83. The molecule has 31 heavy (non-hydrogen) atoms. The lowest BCUT2D eigenvalue weighted by molar-refractivity contribution is -0.141. The normalized spacial score (nSPS) is 11.8. The van der Waals surface area contributed by atoms with Crippen LogP contribution in [-0.2, 0) is 20.7 Å². The van der Waals surface area contributed by atoms with Crippen molar-refractivity contribution in [2.75, 3.05) is 7.11 Å². The maximum atomic E-state index is 12.9. The highest BCUT2D eigenvalue weighted by molar-refractivity contribution is 6.30. The van der Waals surface area contributed by atoms with Gasteiger partial charge in [-0.15, -0.1) is 0 Å². The van der Waals surface area contributed by atoms with Crippen LogP contribution in [0.15, 0.2) is 48.5 Å². The Morgan fingerprint density at radius 3 is 2.19 bits per heavy atom. The lowest BCUT2D eigenvalue weighted by atomic mass is 10.0. The van der Waals surface area contributed by atoms with E-state index in [1.54, 1.807) is 41.1 Å². The lowest BCUT2D eigenvalue weighted by Gasteiger charge is -2.18. The van der Waals surface area contributed by atoms with E-state index in [1.165, 1.54) is 7.11 Å². The summed E-state index contributed by atoms with van der Waals surface area (Å²) in [7, 11) is 1.32. The van der Waals surface area contributed by atoms with Gasteiger partial charge in [0.05, 0.1) is 37.4 Å². The summed E-state index contributed by atoms with van der Waals surface area (Å²) in [6.07, 6.45) is 0.155. The molecule has 1 aromatic heterocycles. The van der Waals surface area contributed by atoms with E-state index in [1.807, 2.05) is 26.0 Å². The number of hydrogen-bond acceptors (Lipinski definition) is 4. The highest BCUT2D eigenvalue weighted by Gasteiger charge is 2.21. The molecule has 0 fully saturated rings. The molecule has 162 valence electrons. The third kappa shape index (κ3) is 5.66. The molecule has 2 aromatic carbocycles. The van der Waals surface area contributed by atoms with Gasteiger partial charge in [-0.1, -0.05) is 35.3 Å². The fourth-order valence-electron chi connectivity index (χ4n) is 3.37. The van der Waals surface area contributed by atoms with Gasteiger partial charge in [0.2, 0.25) is 5.91 Å². The summed E-state index contributed by atoms with van der Waals surface area (Å²) in [5, 5.41) is 8.74. The van der Waals surface area contributed by atoms with Crippen molar-refractivity contribution in [2.45, 2.75) is 32.7 Å². The molecule has 0 spiro atoms.